The van der Waals surface area contributed by atoms with Crippen molar-refractivity contribution in [2.24, 2.45) is 0 Å². The zero-order valence-electron chi connectivity index (χ0n) is 19.8. The number of nitrogens with two attached hydrogens (primary N) is 1. The molecule has 0 fully saturated rings. The number of thiophene rings is 1. The lowest BCUT2D eigenvalue weighted by Crippen LogP contribution is -1.90. The van der Waals surface area contributed by atoms with E-state index in [-0.39, 0.29) is 0 Å². The first-order valence-electron chi connectivity index (χ1n) is 11.2. The Labute approximate surface area is 203 Å². The Morgan fingerprint density at radius 1 is 1.09 bits per heavy atom. The van der Waals surface area contributed by atoms with Gasteiger partial charge in [-0.2, -0.15) is 5.10 Å². The molecule has 0 amide bonds. The first-order valence-corrected chi connectivity index (χ1v) is 12.0. The largest absolute Gasteiger partial charge is 0.397 e. The topological polar surface area (TPSA) is 96.3 Å². The molecular weight excluding hydrogens is 440 g/mol. The van der Waals surface area contributed by atoms with Crippen molar-refractivity contribution in [1.29, 1.82) is 0 Å². The molecule has 172 valence electrons. The molecule has 5 heterocycles. The molecule has 5 aromatic rings. The lowest BCUT2D eigenvalue weighted by Gasteiger charge is -2.03. The third kappa shape index (κ3) is 4.43. The van der Waals surface area contributed by atoms with Crippen LogP contribution in [0.15, 0.2) is 67.5 Å². The molecule has 7 heteroatoms. The zero-order chi connectivity index (χ0) is 24.2. The molecule has 0 bridgehead atoms. The molecule has 0 aliphatic carbocycles. The summed E-state index contributed by atoms with van der Waals surface area (Å²) >= 11 is 1.77. The van der Waals surface area contributed by atoms with Crippen LogP contribution in [0.25, 0.3) is 39.3 Å². The number of hydrogen-bond donors (Lipinski definition) is 3. The second kappa shape index (κ2) is 9.89. The van der Waals surface area contributed by atoms with E-state index in [1.807, 2.05) is 38.1 Å². The molecule has 0 unspecified atom stereocenters. The Bertz CT molecular complexity index is 1480. The van der Waals surface area contributed by atoms with Crippen LogP contribution >= 0.6 is 11.3 Å². The van der Waals surface area contributed by atoms with Crippen molar-refractivity contribution in [3.8, 4) is 22.6 Å². The lowest BCUT2D eigenvalue weighted by atomic mass is 10.0. The Kier molecular flexibility index (Phi) is 6.75. The van der Waals surface area contributed by atoms with E-state index in [0.29, 0.717) is 5.69 Å². The standard InChI is InChI=1S/C25H22N6S.C2H6/c1-4-5-18(23-9-6-14(2)32-23)19-11-22(28-15(19)3)25-24-21(30-31-25)8-7-20(29-24)16-10-17(26)13-27-12-16;1-2/h4-13,28H,1,26H2,2-3H3,(H,30,31);1-2H3/b18-5+;. The summed E-state index contributed by atoms with van der Waals surface area (Å²) in [5.41, 5.74) is 14.8. The van der Waals surface area contributed by atoms with E-state index in [2.05, 4.69) is 64.9 Å². The molecule has 0 saturated heterocycles. The molecule has 0 aliphatic rings. The number of allylic oxidation sites excluding steroid dienone is 2. The van der Waals surface area contributed by atoms with Gasteiger partial charge in [0.2, 0.25) is 0 Å². The van der Waals surface area contributed by atoms with E-state index in [1.54, 1.807) is 23.7 Å². The van der Waals surface area contributed by atoms with E-state index in [9.17, 15) is 0 Å². The zero-order valence-corrected chi connectivity index (χ0v) is 20.6. The average molecular weight is 469 g/mol. The number of pyridine rings is 2. The van der Waals surface area contributed by atoms with Gasteiger partial charge in [-0.15, -0.1) is 11.3 Å². The number of hydrogen-bond acceptors (Lipinski definition) is 5. The fourth-order valence-electron chi connectivity index (χ4n) is 3.81. The Morgan fingerprint density at radius 3 is 2.62 bits per heavy atom. The number of nitrogens with one attached hydrogen (secondary N) is 2. The van der Waals surface area contributed by atoms with Gasteiger partial charge in [0.15, 0.2) is 0 Å². The van der Waals surface area contributed by atoms with Gasteiger partial charge in [0.05, 0.1) is 22.6 Å². The number of aryl methyl sites for hydroxylation is 2. The SMILES string of the molecule is C=C/C=C(/c1ccc(C)s1)c1cc(-c2n[nH]c3ccc(-c4cncc(N)c4)nc23)[nH]c1C.CC. The van der Waals surface area contributed by atoms with Crippen LogP contribution in [0.5, 0.6) is 0 Å². The number of anilines is 1. The van der Waals surface area contributed by atoms with Gasteiger partial charge in [-0.25, -0.2) is 4.98 Å². The maximum absolute atomic E-state index is 5.91. The number of H-pyrrole nitrogens is 2. The van der Waals surface area contributed by atoms with Gasteiger partial charge in [0, 0.05) is 44.5 Å². The monoisotopic (exact) mass is 468 g/mol. The minimum Gasteiger partial charge on any atom is -0.397 e. The smallest absolute Gasteiger partial charge is 0.135 e. The number of fused-ring (bicyclic) bond motifs is 1. The molecule has 5 aromatic heterocycles. The van der Waals surface area contributed by atoms with Gasteiger partial charge in [-0.05, 0) is 50.2 Å². The van der Waals surface area contributed by atoms with Crippen molar-refractivity contribution in [2.75, 3.05) is 5.73 Å². The third-order valence-electron chi connectivity index (χ3n) is 5.31. The molecule has 0 aromatic carbocycles. The summed E-state index contributed by atoms with van der Waals surface area (Å²) in [6.07, 6.45) is 7.26. The van der Waals surface area contributed by atoms with E-state index in [1.165, 1.54) is 9.75 Å². The van der Waals surface area contributed by atoms with Crippen molar-refractivity contribution in [2.45, 2.75) is 27.7 Å². The van der Waals surface area contributed by atoms with Crippen LogP contribution in [0.4, 0.5) is 5.69 Å². The molecule has 0 radical (unpaired) electrons. The Hall–Kier alpha value is -3.97. The van der Waals surface area contributed by atoms with Crippen LogP contribution in [0.2, 0.25) is 0 Å². The fourth-order valence-corrected chi connectivity index (χ4v) is 4.72. The number of aromatic amines is 2. The molecule has 0 atom stereocenters. The maximum Gasteiger partial charge on any atom is 0.135 e. The van der Waals surface area contributed by atoms with Gasteiger partial charge in [-0.1, -0.05) is 32.6 Å². The number of rotatable bonds is 5. The van der Waals surface area contributed by atoms with Crippen molar-refractivity contribution >= 4 is 33.6 Å². The van der Waals surface area contributed by atoms with Crippen molar-refractivity contribution in [1.82, 2.24) is 25.1 Å². The number of nitrogens with zero attached hydrogens (tertiary/aromatic N) is 3. The Balaban J connectivity index is 0.00000133. The minimum atomic E-state index is 0.604. The average Bonchev–Trinajstić information content (AvgIpc) is 3.56. The van der Waals surface area contributed by atoms with E-state index in [0.717, 1.165) is 50.5 Å². The van der Waals surface area contributed by atoms with Crippen LogP contribution in [-0.4, -0.2) is 25.1 Å². The first kappa shape index (κ1) is 23.2. The highest BCUT2D eigenvalue weighted by Crippen LogP contribution is 2.35. The highest BCUT2D eigenvalue weighted by atomic mass is 32.1. The summed E-state index contributed by atoms with van der Waals surface area (Å²) in [6, 6.07) is 12.2. The van der Waals surface area contributed by atoms with Gasteiger partial charge in [0.1, 0.15) is 11.2 Å². The molecule has 6 nitrogen and oxygen atoms in total. The van der Waals surface area contributed by atoms with Gasteiger partial charge in [0.25, 0.3) is 0 Å². The first-order chi connectivity index (χ1) is 16.5. The molecule has 5 rings (SSSR count). The Morgan fingerprint density at radius 2 is 1.91 bits per heavy atom. The quantitative estimate of drug-likeness (QED) is 0.244. The predicted octanol–water partition coefficient (Wildman–Crippen LogP) is 6.92. The number of aromatic nitrogens is 5. The molecule has 34 heavy (non-hydrogen) atoms. The van der Waals surface area contributed by atoms with Crippen LogP contribution in [0.1, 0.15) is 34.9 Å². The van der Waals surface area contributed by atoms with Crippen LogP contribution in [0, 0.1) is 13.8 Å². The van der Waals surface area contributed by atoms with Gasteiger partial charge < -0.3 is 10.7 Å². The summed E-state index contributed by atoms with van der Waals surface area (Å²) < 4.78 is 0. The van der Waals surface area contributed by atoms with Crippen molar-refractivity contribution < 1.29 is 0 Å². The molecule has 0 aliphatic heterocycles. The van der Waals surface area contributed by atoms with E-state index in [4.69, 9.17) is 10.7 Å². The summed E-state index contributed by atoms with van der Waals surface area (Å²) in [5, 5.41) is 7.65. The van der Waals surface area contributed by atoms with Crippen LogP contribution in [-0.2, 0) is 0 Å². The second-order valence-electron chi connectivity index (χ2n) is 7.62. The van der Waals surface area contributed by atoms with Crippen molar-refractivity contribution in [3.05, 3.63) is 88.5 Å². The highest BCUT2D eigenvalue weighted by molar-refractivity contribution is 7.13. The minimum absolute atomic E-state index is 0.604. The lowest BCUT2D eigenvalue weighted by molar-refractivity contribution is 1.11. The van der Waals surface area contributed by atoms with Crippen LogP contribution in [0.3, 0.4) is 0 Å². The third-order valence-corrected chi connectivity index (χ3v) is 6.35. The van der Waals surface area contributed by atoms with Gasteiger partial charge in [-0.3, -0.25) is 10.1 Å². The van der Waals surface area contributed by atoms with Gasteiger partial charge >= 0.3 is 0 Å². The summed E-state index contributed by atoms with van der Waals surface area (Å²) in [6.45, 7) is 12.1. The molecule has 0 spiro atoms. The summed E-state index contributed by atoms with van der Waals surface area (Å²) in [7, 11) is 0. The van der Waals surface area contributed by atoms with E-state index >= 15 is 0 Å². The molecule has 0 saturated carbocycles. The summed E-state index contributed by atoms with van der Waals surface area (Å²) in [5.74, 6) is 0. The van der Waals surface area contributed by atoms with E-state index < -0.39 is 0 Å². The maximum atomic E-state index is 5.91. The normalized spacial score (nSPS) is 11.4. The summed E-state index contributed by atoms with van der Waals surface area (Å²) in [4.78, 5) is 15.0. The molecular formula is C27H28N6S. The predicted molar refractivity (Wildman–Crippen MR) is 144 cm³/mol. The highest BCUT2D eigenvalue weighted by Gasteiger charge is 2.18. The van der Waals surface area contributed by atoms with Crippen molar-refractivity contribution in [3.63, 3.8) is 0 Å². The molecule has 4 N–H and O–H groups in total. The number of nitrogen functional groups attached to an aromatic ring is 1. The second-order valence-corrected chi connectivity index (χ2v) is 8.91. The van der Waals surface area contributed by atoms with Crippen LogP contribution < -0.4 is 5.73 Å². The fraction of sp³-hybridized carbons (Fsp3) is 0.148.